The molecule has 0 saturated carbocycles. The summed E-state index contributed by atoms with van der Waals surface area (Å²) in [5, 5.41) is 0. The largest absolute Gasteiger partial charge is 0.481 e. The maximum absolute atomic E-state index is 13.0. The zero-order valence-electron chi connectivity index (χ0n) is 10.3. The summed E-state index contributed by atoms with van der Waals surface area (Å²) in [6, 6.07) is 3.17. The molecule has 0 amide bonds. The predicted molar refractivity (Wildman–Crippen MR) is 67.0 cm³/mol. The molecule has 0 aliphatic rings. The van der Waals surface area contributed by atoms with Crippen molar-refractivity contribution in [2.75, 3.05) is 7.11 Å². The highest BCUT2D eigenvalue weighted by molar-refractivity contribution is 5.72. The zero-order valence-corrected chi connectivity index (χ0v) is 10.3. The second-order valence-electron chi connectivity index (χ2n) is 2.94. The van der Waals surface area contributed by atoms with Crippen molar-refractivity contribution in [3.63, 3.8) is 0 Å². The second kappa shape index (κ2) is 6.77. The van der Waals surface area contributed by atoms with Gasteiger partial charge in [-0.3, -0.25) is 0 Å². The van der Waals surface area contributed by atoms with E-state index in [1.807, 2.05) is 13.8 Å². The third-order valence-electron chi connectivity index (χ3n) is 1.78. The van der Waals surface area contributed by atoms with E-state index in [0.717, 1.165) is 0 Å². The standard InChI is InChI=1S/C11H12FNO.C2H6/c1-7(2)11-9(8(3)12)5-6-10(13-11)14-4;1-2/h5-6H,1,3H2,2,4H3;1-2H3. The summed E-state index contributed by atoms with van der Waals surface area (Å²) in [7, 11) is 1.51. The molecule has 16 heavy (non-hydrogen) atoms. The van der Waals surface area contributed by atoms with E-state index in [2.05, 4.69) is 18.1 Å². The van der Waals surface area contributed by atoms with Gasteiger partial charge >= 0.3 is 0 Å². The molecule has 0 unspecified atom stereocenters. The van der Waals surface area contributed by atoms with Crippen LogP contribution in [-0.4, -0.2) is 12.1 Å². The number of ether oxygens (including phenoxy) is 1. The highest BCUT2D eigenvalue weighted by atomic mass is 19.1. The molecule has 1 aromatic rings. The Balaban J connectivity index is 0.00000106. The van der Waals surface area contributed by atoms with E-state index in [1.165, 1.54) is 7.11 Å². The monoisotopic (exact) mass is 223 g/mol. The number of pyridine rings is 1. The molecule has 0 aliphatic heterocycles. The summed E-state index contributed by atoms with van der Waals surface area (Å²) in [4.78, 5) is 4.09. The van der Waals surface area contributed by atoms with E-state index >= 15 is 0 Å². The molecule has 3 heteroatoms. The fourth-order valence-corrected chi connectivity index (χ4v) is 1.10. The number of methoxy groups -OCH3 is 1. The Morgan fingerprint density at radius 1 is 1.31 bits per heavy atom. The van der Waals surface area contributed by atoms with Gasteiger partial charge in [-0.2, -0.15) is 0 Å². The van der Waals surface area contributed by atoms with E-state index in [0.29, 0.717) is 22.7 Å². The Hall–Kier alpha value is -1.64. The van der Waals surface area contributed by atoms with Crippen LogP contribution in [0.15, 0.2) is 25.3 Å². The molecule has 1 aromatic heterocycles. The highest BCUT2D eigenvalue weighted by Gasteiger charge is 2.09. The van der Waals surface area contributed by atoms with Crippen LogP contribution in [0.1, 0.15) is 32.0 Å². The summed E-state index contributed by atoms with van der Waals surface area (Å²) in [5.74, 6) is -0.0776. The number of hydrogen-bond acceptors (Lipinski definition) is 2. The molecule has 0 N–H and O–H groups in total. The molecule has 0 atom stereocenters. The summed E-state index contributed by atoms with van der Waals surface area (Å²) >= 11 is 0. The van der Waals surface area contributed by atoms with Gasteiger partial charge in [0.15, 0.2) is 0 Å². The van der Waals surface area contributed by atoms with Crippen molar-refractivity contribution in [2.45, 2.75) is 20.8 Å². The van der Waals surface area contributed by atoms with Crippen LogP contribution in [0, 0.1) is 0 Å². The maximum Gasteiger partial charge on any atom is 0.213 e. The fraction of sp³-hybridized carbons (Fsp3) is 0.308. The Kier molecular flexibility index (Phi) is 6.08. The Labute approximate surface area is 96.5 Å². The number of rotatable bonds is 3. The molecule has 2 nitrogen and oxygen atoms in total. The lowest BCUT2D eigenvalue weighted by Crippen LogP contribution is -1.95. The smallest absolute Gasteiger partial charge is 0.213 e. The zero-order chi connectivity index (χ0) is 12.7. The van der Waals surface area contributed by atoms with Crippen LogP contribution in [0.25, 0.3) is 11.4 Å². The molecule has 1 heterocycles. The van der Waals surface area contributed by atoms with Crippen molar-refractivity contribution in [3.8, 4) is 5.88 Å². The molecule has 0 saturated heterocycles. The number of allylic oxidation sites excluding steroid dienone is 1. The van der Waals surface area contributed by atoms with Crippen molar-refractivity contribution < 1.29 is 9.13 Å². The van der Waals surface area contributed by atoms with Crippen LogP contribution in [0.4, 0.5) is 4.39 Å². The molecular formula is C13H18FNO. The van der Waals surface area contributed by atoms with Crippen LogP contribution in [-0.2, 0) is 0 Å². The second-order valence-corrected chi connectivity index (χ2v) is 2.94. The lowest BCUT2D eigenvalue weighted by atomic mass is 10.1. The van der Waals surface area contributed by atoms with Gasteiger partial charge in [0, 0.05) is 11.6 Å². The fourth-order valence-electron chi connectivity index (χ4n) is 1.10. The van der Waals surface area contributed by atoms with Crippen molar-refractivity contribution >= 4 is 11.4 Å². The summed E-state index contributed by atoms with van der Waals surface area (Å²) in [5.41, 5.74) is 1.52. The quantitative estimate of drug-likeness (QED) is 0.770. The first-order chi connectivity index (χ1) is 7.56. The average molecular weight is 223 g/mol. The SMILES string of the molecule is C=C(F)c1ccc(OC)nc1C(=C)C.CC. The van der Waals surface area contributed by atoms with E-state index < -0.39 is 5.83 Å². The number of halogens is 1. The van der Waals surface area contributed by atoms with Gasteiger partial charge in [-0.25, -0.2) is 9.37 Å². The third-order valence-corrected chi connectivity index (χ3v) is 1.78. The van der Waals surface area contributed by atoms with Crippen LogP contribution >= 0.6 is 0 Å². The van der Waals surface area contributed by atoms with Gasteiger partial charge in [0.2, 0.25) is 5.88 Å². The van der Waals surface area contributed by atoms with Crippen LogP contribution in [0.5, 0.6) is 5.88 Å². The van der Waals surface area contributed by atoms with Crippen molar-refractivity contribution in [1.82, 2.24) is 4.98 Å². The minimum Gasteiger partial charge on any atom is -0.481 e. The molecule has 0 aromatic carbocycles. The van der Waals surface area contributed by atoms with Crippen molar-refractivity contribution in [2.24, 2.45) is 0 Å². The van der Waals surface area contributed by atoms with Gasteiger partial charge in [-0.05, 0) is 18.6 Å². The first-order valence-corrected chi connectivity index (χ1v) is 5.12. The number of nitrogens with zero attached hydrogens (tertiary/aromatic N) is 1. The number of aromatic nitrogens is 1. The Bertz CT molecular complexity index is 386. The normalized spacial score (nSPS) is 8.81. The van der Waals surface area contributed by atoms with Gasteiger partial charge in [-0.15, -0.1) is 0 Å². The van der Waals surface area contributed by atoms with Crippen LogP contribution in [0.3, 0.4) is 0 Å². The first-order valence-electron chi connectivity index (χ1n) is 5.12. The maximum atomic E-state index is 13.0. The van der Waals surface area contributed by atoms with E-state index in [-0.39, 0.29) is 0 Å². The molecular weight excluding hydrogens is 205 g/mol. The summed E-state index contributed by atoms with van der Waals surface area (Å²) in [6.07, 6.45) is 0. The molecule has 0 radical (unpaired) electrons. The Morgan fingerprint density at radius 2 is 1.88 bits per heavy atom. The molecule has 1 rings (SSSR count). The minimum absolute atomic E-state index is 0.360. The van der Waals surface area contributed by atoms with Gasteiger partial charge in [-0.1, -0.05) is 27.0 Å². The van der Waals surface area contributed by atoms with Crippen molar-refractivity contribution in [3.05, 3.63) is 36.5 Å². The van der Waals surface area contributed by atoms with Gasteiger partial charge < -0.3 is 4.74 Å². The number of hydrogen-bond donors (Lipinski definition) is 0. The van der Waals surface area contributed by atoms with E-state index in [4.69, 9.17) is 4.74 Å². The average Bonchev–Trinajstić information content (AvgIpc) is 2.30. The van der Waals surface area contributed by atoms with Crippen LogP contribution in [0.2, 0.25) is 0 Å². The third kappa shape index (κ3) is 3.50. The van der Waals surface area contributed by atoms with Crippen molar-refractivity contribution in [1.29, 1.82) is 0 Å². The van der Waals surface area contributed by atoms with E-state index in [1.54, 1.807) is 19.1 Å². The van der Waals surface area contributed by atoms with Crippen LogP contribution < -0.4 is 4.74 Å². The Morgan fingerprint density at radius 3 is 2.25 bits per heavy atom. The lowest BCUT2D eigenvalue weighted by Gasteiger charge is -2.07. The molecule has 0 spiro atoms. The molecule has 0 bridgehead atoms. The van der Waals surface area contributed by atoms with Gasteiger partial charge in [0.25, 0.3) is 0 Å². The predicted octanol–water partition coefficient (Wildman–Crippen LogP) is 4.09. The first kappa shape index (κ1) is 14.4. The molecule has 88 valence electrons. The molecule has 0 fully saturated rings. The highest BCUT2D eigenvalue weighted by Crippen LogP contribution is 2.24. The van der Waals surface area contributed by atoms with E-state index in [9.17, 15) is 4.39 Å². The molecule has 0 aliphatic carbocycles. The summed E-state index contributed by atoms with van der Waals surface area (Å²) in [6.45, 7) is 12.7. The van der Waals surface area contributed by atoms with Gasteiger partial charge in [0.05, 0.1) is 12.8 Å². The topological polar surface area (TPSA) is 22.1 Å². The minimum atomic E-state index is -0.516. The van der Waals surface area contributed by atoms with Gasteiger partial charge in [0.1, 0.15) is 5.83 Å². The lowest BCUT2D eigenvalue weighted by molar-refractivity contribution is 0.397. The summed E-state index contributed by atoms with van der Waals surface area (Å²) < 4.78 is 17.9.